The number of hydrogen-bond acceptors (Lipinski definition) is 5. The molecule has 2 aromatic carbocycles. The van der Waals surface area contributed by atoms with Crippen molar-refractivity contribution in [2.75, 3.05) is 31.3 Å². The number of benzene rings is 2. The minimum atomic E-state index is -0.931. The molecule has 0 fully saturated rings. The van der Waals surface area contributed by atoms with E-state index in [2.05, 4.69) is 13.8 Å². The third-order valence-electron chi connectivity index (χ3n) is 4.77. The van der Waals surface area contributed by atoms with Crippen LogP contribution in [0.25, 0.3) is 0 Å². The fourth-order valence-corrected chi connectivity index (χ4v) is 2.70. The molecule has 0 spiro atoms. The van der Waals surface area contributed by atoms with Crippen molar-refractivity contribution in [1.82, 2.24) is 0 Å². The first kappa shape index (κ1) is 25.0. The Balaban J connectivity index is 0.000000375. The molecule has 3 N–H and O–H groups in total. The number of anilines is 2. The second-order valence-electron chi connectivity index (χ2n) is 7.38. The molecule has 30 heavy (non-hydrogen) atoms. The summed E-state index contributed by atoms with van der Waals surface area (Å²) in [5.41, 5.74) is 7.87. The zero-order valence-corrected chi connectivity index (χ0v) is 18.4. The number of nitrogens with two attached hydrogens (primary N) is 1. The monoisotopic (exact) mass is 414 g/mol. The largest absolute Gasteiger partial charge is 0.478 e. The molecule has 164 valence electrons. The molecular formula is C24H34N2O4. The van der Waals surface area contributed by atoms with Gasteiger partial charge in [0.15, 0.2) is 0 Å². The topological polar surface area (TPSA) is 92.9 Å². The molecule has 0 aliphatic heterocycles. The molecule has 2 aromatic rings. The molecule has 1 atom stereocenters. The summed E-state index contributed by atoms with van der Waals surface area (Å²) in [4.78, 5) is 24.3. The van der Waals surface area contributed by atoms with E-state index in [9.17, 15) is 9.59 Å². The van der Waals surface area contributed by atoms with Gasteiger partial charge in [0.05, 0.1) is 17.7 Å². The Hall–Kier alpha value is -3.02. The smallest absolute Gasteiger partial charge is 0.338 e. The lowest BCUT2D eigenvalue weighted by molar-refractivity contribution is 0.0428. The summed E-state index contributed by atoms with van der Waals surface area (Å²) in [5.74, 6) is -0.662. The van der Waals surface area contributed by atoms with Crippen molar-refractivity contribution >= 4 is 23.3 Å². The van der Waals surface area contributed by atoms with Crippen LogP contribution in [-0.2, 0) is 4.74 Å². The van der Waals surface area contributed by atoms with Gasteiger partial charge in [-0.3, -0.25) is 0 Å². The summed E-state index contributed by atoms with van der Waals surface area (Å²) < 4.78 is 5.43. The number of ether oxygens (including phenoxy) is 1. The Morgan fingerprint density at radius 2 is 1.57 bits per heavy atom. The molecule has 6 heteroatoms. The zero-order valence-electron chi connectivity index (χ0n) is 18.4. The van der Waals surface area contributed by atoms with E-state index in [-0.39, 0.29) is 11.5 Å². The molecule has 0 bridgehead atoms. The molecule has 0 saturated heterocycles. The van der Waals surface area contributed by atoms with Gasteiger partial charge >= 0.3 is 11.9 Å². The van der Waals surface area contributed by atoms with Gasteiger partial charge in [0.25, 0.3) is 0 Å². The maximum atomic E-state index is 12.0. The lowest BCUT2D eigenvalue weighted by Crippen LogP contribution is -2.14. The third-order valence-corrected chi connectivity index (χ3v) is 4.77. The molecule has 0 saturated carbocycles. The highest BCUT2D eigenvalue weighted by Crippen LogP contribution is 2.16. The second-order valence-corrected chi connectivity index (χ2v) is 7.38. The van der Waals surface area contributed by atoms with Gasteiger partial charge in [-0.25, -0.2) is 9.59 Å². The van der Waals surface area contributed by atoms with E-state index in [4.69, 9.17) is 15.6 Å². The van der Waals surface area contributed by atoms with Gasteiger partial charge in [-0.2, -0.15) is 0 Å². The van der Waals surface area contributed by atoms with Crippen molar-refractivity contribution in [3.63, 3.8) is 0 Å². The summed E-state index contributed by atoms with van der Waals surface area (Å²) in [7, 11) is 3.96. The maximum Gasteiger partial charge on any atom is 0.338 e. The molecule has 2 rings (SSSR count). The van der Waals surface area contributed by atoms with Gasteiger partial charge in [0, 0.05) is 25.5 Å². The Morgan fingerprint density at radius 1 is 1.00 bits per heavy atom. The first-order valence-corrected chi connectivity index (χ1v) is 10.3. The lowest BCUT2D eigenvalue weighted by atomic mass is 10.0. The number of nitrogens with zero attached hydrogens (tertiary/aromatic N) is 1. The first-order chi connectivity index (χ1) is 14.3. The molecule has 0 radical (unpaired) electrons. The SMILES string of the molecule is CCCCC(CC)COC(=O)c1ccc(N(C)C)cc1.Nc1ccc(C(=O)O)cc1. The molecule has 0 aliphatic carbocycles. The predicted octanol–water partition coefficient (Wildman–Crippen LogP) is 5.09. The van der Waals surface area contributed by atoms with E-state index < -0.39 is 5.97 Å². The number of unbranched alkanes of at least 4 members (excludes halogenated alkanes) is 1. The van der Waals surface area contributed by atoms with Crippen molar-refractivity contribution in [2.24, 2.45) is 5.92 Å². The number of esters is 1. The Labute approximate surface area is 179 Å². The fraction of sp³-hybridized carbons (Fsp3) is 0.417. The fourth-order valence-electron chi connectivity index (χ4n) is 2.70. The highest BCUT2D eigenvalue weighted by atomic mass is 16.5. The van der Waals surface area contributed by atoms with Crippen LogP contribution >= 0.6 is 0 Å². The minimum absolute atomic E-state index is 0.217. The van der Waals surface area contributed by atoms with Gasteiger partial charge in [-0.1, -0.05) is 33.1 Å². The number of rotatable bonds is 9. The van der Waals surface area contributed by atoms with Gasteiger partial charge in [0.2, 0.25) is 0 Å². The van der Waals surface area contributed by atoms with E-state index >= 15 is 0 Å². The van der Waals surface area contributed by atoms with Crippen LogP contribution in [-0.4, -0.2) is 37.7 Å². The number of aromatic carboxylic acids is 1. The Kier molecular flexibility index (Phi) is 11.0. The van der Waals surface area contributed by atoms with Gasteiger partial charge in [0.1, 0.15) is 0 Å². The van der Waals surface area contributed by atoms with Gasteiger partial charge in [-0.15, -0.1) is 0 Å². The average molecular weight is 415 g/mol. The van der Waals surface area contributed by atoms with Crippen LogP contribution < -0.4 is 10.6 Å². The third kappa shape index (κ3) is 8.99. The zero-order chi connectivity index (χ0) is 22.5. The van der Waals surface area contributed by atoms with E-state index in [1.54, 1.807) is 12.1 Å². The Bertz CT molecular complexity index is 771. The van der Waals surface area contributed by atoms with Crippen LogP contribution in [0.4, 0.5) is 11.4 Å². The van der Waals surface area contributed by atoms with Crippen LogP contribution in [0, 0.1) is 5.92 Å². The van der Waals surface area contributed by atoms with E-state index in [0.717, 1.165) is 18.5 Å². The van der Waals surface area contributed by atoms with Crippen LogP contribution in [0.5, 0.6) is 0 Å². The van der Waals surface area contributed by atoms with Crippen molar-refractivity contribution in [1.29, 1.82) is 0 Å². The number of hydrogen-bond donors (Lipinski definition) is 2. The standard InChI is InChI=1S/C17H27NO2.C7H7NO2/c1-5-7-8-14(6-2)13-20-17(19)15-9-11-16(12-10-15)18(3)4;8-6-3-1-5(2-4-6)7(9)10/h9-12,14H,5-8,13H2,1-4H3;1-4H,8H2,(H,9,10). The molecule has 0 amide bonds. The molecule has 1 unspecified atom stereocenters. The van der Waals surface area contributed by atoms with Crippen LogP contribution in [0.3, 0.4) is 0 Å². The van der Waals surface area contributed by atoms with Gasteiger partial charge < -0.3 is 20.5 Å². The van der Waals surface area contributed by atoms with E-state index in [1.165, 1.54) is 25.0 Å². The molecule has 0 aromatic heterocycles. The van der Waals surface area contributed by atoms with E-state index in [0.29, 0.717) is 23.8 Å². The summed E-state index contributed by atoms with van der Waals surface area (Å²) in [6, 6.07) is 13.6. The number of carboxylic acid groups (broad SMARTS) is 1. The van der Waals surface area contributed by atoms with Crippen molar-refractivity contribution in [2.45, 2.75) is 39.5 Å². The lowest BCUT2D eigenvalue weighted by Gasteiger charge is -2.15. The van der Waals surface area contributed by atoms with Crippen molar-refractivity contribution in [3.8, 4) is 0 Å². The average Bonchev–Trinajstić information content (AvgIpc) is 2.74. The molecule has 0 aliphatic rings. The second kappa shape index (κ2) is 13.2. The van der Waals surface area contributed by atoms with Crippen LogP contribution in [0.15, 0.2) is 48.5 Å². The Morgan fingerprint density at radius 3 is 2.03 bits per heavy atom. The summed E-state index contributed by atoms with van der Waals surface area (Å²) in [5, 5.41) is 8.43. The maximum absolute atomic E-state index is 12.0. The number of carbonyl (C=O) groups is 2. The first-order valence-electron chi connectivity index (χ1n) is 10.3. The quantitative estimate of drug-likeness (QED) is 0.438. The predicted molar refractivity (Wildman–Crippen MR) is 122 cm³/mol. The summed E-state index contributed by atoms with van der Waals surface area (Å²) in [6.45, 7) is 4.87. The highest BCUT2D eigenvalue weighted by Gasteiger charge is 2.12. The summed E-state index contributed by atoms with van der Waals surface area (Å²) >= 11 is 0. The normalized spacial score (nSPS) is 11.1. The van der Waals surface area contributed by atoms with Gasteiger partial charge in [-0.05, 0) is 60.9 Å². The van der Waals surface area contributed by atoms with Crippen LogP contribution in [0.2, 0.25) is 0 Å². The van der Waals surface area contributed by atoms with Crippen molar-refractivity contribution < 1.29 is 19.4 Å². The van der Waals surface area contributed by atoms with E-state index in [1.807, 2.05) is 43.3 Å². The molecule has 6 nitrogen and oxygen atoms in total. The molecular weight excluding hydrogens is 380 g/mol. The number of nitrogen functional groups attached to an aromatic ring is 1. The summed E-state index contributed by atoms with van der Waals surface area (Å²) in [6.07, 6.45) is 4.59. The highest BCUT2D eigenvalue weighted by molar-refractivity contribution is 5.89. The van der Waals surface area contributed by atoms with Crippen molar-refractivity contribution in [3.05, 3.63) is 59.7 Å². The number of carboxylic acids is 1. The minimum Gasteiger partial charge on any atom is -0.478 e. The number of carbonyl (C=O) groups excluding carboxylic acids is 1. The van der Waals surface area contributed by atoms with Crippen LogP contribution in [0.1, 0.15) is 60.2 Å². The molecule has 0 heterocycles.